The zero-order chi connectivity index (χ0) is 20.5. The number of esters is 1. The first-order chi connectivity index (χ1) is 13.2. The third-order valence-electron chi connectivity index (χ3n) is 4.66. The van der Waals surface area contributed by atoms with Crippen molar-refractivity contribution in [2.75, 3.05) is 13.1 Å². The number of rotatable bonds is 4. The van der Waals surface area contributed by atoms with Gasteiger partial charge in [-0.15, -0.1) is 0 Å². The van der Waals surface area contributed by atoms with Gasteiger partial charge in [0.25, 0.3) is 0 Å². The van der Waals surface area contributed by atoms with Gasteiger partial charge in [0.15, 0.2) is 11.6 Å². The summed E-state index contributed by atoms with van der Waals surface area (Å²) in [7, 11) is -3.96. The molecule has 1 fully saturated rings. The summed E-state index contributed by atoms with van der Waals surface area (Å²) in [6.45, 7) is 1.94. The number of piperidine rings is 1. The maximum atomic E-state index is 13.4. The topological polar surface area (TPSA) is 63.7 Å². The third kappa shape index (κ3) is 4.34. The fraction of sp³-hybridized carbons (Fsp3) is 0.316. The predicted octanol–water partition coefficient (Wildman–Crippen LogP) is 3.93. The fourth-order valence-corrected chi connectivity index (χ4v) is 4.75. The maximum Gasteiger partial charge on any atom is 0.314 e. The van der Waals surface area contributed by atoms with Gasteiger partial charge in [0.1, 0.15) is 5.75 Å². The first-order valence-corrected chi connectivity index (χ1v) is 10.4. The Morgan fingerprint density at radius 1 is 1.11 bits per heavy atom. The van der Waals surface area contributed by atoms with Crippen molar-refractivity contribution in [2.24, 2.45) is 5.92 Å². The molecule has 2 aromatic carbocycles. The van der Waals surface area contributed by atoms with Crippen molar-refractivity contribution >= 4 is 27.6 Å². The summed E-state index contributed by atoms with van der Waals surface area (Å²) >= 11 is 5.88. The van der Waals surface area contributed by atoms with Crippen molar-refractivity contribution in [3.05, 3.63) is 58.6 Å². The van der Waals surface area contributed by atoms with Gasteiger partial charge in [-0.25, -0.2) is 17.2 Å². The van der Waals surface area contributed by atoms with E-state index in [2.05, 4.69) is 0 Å². The molecule has 0 aliphatic carbocycles. The number of nitrogens with zero attached hydrogens (tertiary/aromatic N) is 1. The highest BCUT2D eigenvalue weighted by Gasteiger charge is 2.33. The van der Waals surface area contributed by atoms with E-state index >= 15 is 0 Å². The molecule has 28 heavy (non-hydrogen) atoms. The number of aryl methyl sites for hydroxylation is 1. The first kappa shape index (κ1) is 20.7. The van der Waals surface area contributed by atoms with Crippen LogP contribution in [0.1, 0.15) is 18.4 Å². The molecule has 0 atom stereocenters. The molecule has 1 aliphatic heterocycles. The zero-order valence-corrected chi connectivity index (χ0v) is 16.6. The van der Waals surface area contributed by atoms with E-state index < -0.39 is 33.5 Å². The van der Waals surface area contributed by atoms with E-state index in [4.69, 9.17) is 16.3 Å². The Hall–Kier alpha value is -2.03. The van der Waals surface area contributed by atoms with Crippen LogP contribution in [0, 0.1) is 24.5 Å². The quantitative estimate of drug-likeness (QED) is 0.545. The van der Waals surface area contributed by atoms with Gasteiger partial charge in [-0.05, 0) is 61.7 Å². The van der Waals surface area contributed by atoms with Crippen LogP contribution in [0.2, 0.25) is 5.02 Å². The van der Waals surface area contributed by atoms with Crippen LogP contribution in [0.15, 0.2) is 41.3 Å². The molecular weight excluding hydrogens is 412 g/mol. The molecule has 1 heterocycles. The van der Waals surface area contributed by atoms with Crippen molar-refractivity contribution in [3.63, 3.8) is 0 Å². The molecule has 0 unspecified atom stereocenters. The van der Waals surface area contributed by atoms with Gasteiger partial charge in [0, 0.05) is 18.1 Å². The molecule has 2 aromatic rings. The molecule has 150 valence electrons. The standard InChI is InChI=1S/C19H18ClF2NO4S/c1-12-10-14(20)2-5-18(12)27-19(24)13-6-8-23(9-7-13)28(25,26)15-3-4-16(21)17(22)11-15/h2-5,10-11,13H,6-9H2,1H3. The minimum absolute atomic E-state index is 0.0840. The average Bonchev–Trinajstić information content (AvgIpc) is 2.66. The summed E-state index contributed by atoms with van der Waals surface area (Å²) in [5.41, 5.74) is 0.721. The van der Waals surface area contributed by atoms with E-state index in [1.54, 1.807) is 25.1 Å². The highest BCUT2D eigenvalue weighted by Crippen LogP contribution is 2.27. The molecule has 0 N–H and O–H groups in total. The lowest BCUT2D eigenvalue weighted by atomic mass is 9.98. The van der Waals surface area contributed by atoms with E-state index in [1.807, 2.05) is 0 Å². The number of hydrogen-bond donors (Lipinski definition) is 0. The molecule has 9 heteroatoms. The van der Waals surface area contributed by atoms with Crippen LogP contribution in [0.5, 0.6) is 5.75 Å². The van der Waals surface area contributed by atoms with Gasteiger partial charge in [-0.3, -0.25) is 4.79 Å². The second-order valence-corrected chi connectivity index (χ2v) is 8.96. The lowest BCUT2D eigenvalue weighted by molar-refractivity contribution is -0.140. The van der Waals surface area contributed by atoms with Crippen LogP contribution in [-0.2, 0) is 14.8 Å². The van der Waals surface area contributed by atoms with E-state index in [0.29, 0.717) is 16.8 Å². The molecule has 0 aromatic heterocycles. The molecule has 0 amide bonds. The van der Waals surface area contributed by atoms with Crippen molar-refractivity contribution in [3.8, 4) is 5.75 Å². The fourth-order valence-electron chi connectivity index (χ4n) is 3.04. The summed E-state index contributed by atoms with van der Waals surface area (Å²) in [5, 5.41) is 0.535. The smallest absolute Gasteiger partial charge is 0.314 e. The highest BCUT2D eigenvalue weighted by molar-refractivity contribution is 7.89. The second kappa shape index (κ2) is 8.14. The average molecular weight is 430 g/mol. The summed E-state index contributed by atoms with van der Waals surface area (Å²) in [4.78, 5) is 12.1. The van der Waals surface area contributed by atoms with E-state index in [1.165, 1.54) is 0 Å². The van der Waals surface area contributed by atoms with E-state index in [9.17, 15) is 22.0 Å². The Bertz CT molecular complexity index is 1000. The van der Waals surface area contributed by atoms with Crippen molar-refractivity contribution in [1.82, 2.24) is 4.31 Å². The lowest BCUT2D eigenvalue weighted by Gasteiger charge is -2.30. The SMILES string of the molecule is Cc1cc(Cl)ccc1OC(=O)C1CCN(S(=O)(=O)c2ccc(F)c(F)c2)CC1. The first-order valence-electron chi connectivity index (χ1n) is 8.61. The normalized spacial score (nSPS) is 16.1. The molecule has 0 saturated carbocycles. The summed E-state index contributed by atoms with van der Waals surface area (Å²) < 4.78 is 58.2. The number of sulfonamides is 1. The van der Waals surface area contributed by atoms with Gasteiger partial charge in [-0.1, -0.05) is 11.6 Å². The Morgan fingerprint density at radius 2 is 1.79 bits per heavy atom. The van der Waals surface area contributed by atoms with Crippen LogP contribution in [0.25, 0.3) is 0 Å². The number of carbonyl (C=O) groups excluding carboxylic acids is 1. The number of hydrogen-bond acceptors (Lipinski definition) is 4. The predicted molar refractivity (Wildman–Crippen MR) is 99.7 cm³/mol. The number of carbonyl (C=O) groups is 1. The van der Waals surface area contributed by atoms with Gasteiger partial charge >= 0.3 is 5.97 Å². The zero-order valence-electron chi connectivity index (χ0n) is 15.0. The van der Waals surface area contributed by atoms with E-state index in [-0.39, 0.29) is 30.8 Å². The molecule has 1 aliphatic rings. The van der Waals surface area contributed by atoms with Crippen LogP contribution in [0.3, 0.4) is 0 Å². The molecule has 1 saturated heterocycles. The molecule has 0 radical (unpaired) electrons. The summed E-state index contributed by atoms with van der Waals surface area (Å²) in [6.07, 6.45) is 0.544. The molecule has 0 spiro atoms. The number of ether oxygens (including phenoxy) is 1. The van der Waals surface area contributed by atoms with Gasteiger partial charge in [0.05, 0.1) is 10.8 Å². The molecule has 0 bridgehead atoms. The van der Waals surface area contributed by atoms with Crippen molar-refractivity contribution in [2.45, 2.75) is 24.7 Å². The maximum absolute atomic E-state index is 13.4. The highest BCUT2D eigenvalue weighted by atomic mass is 35.5. The summed E-state index contributed by atoms with van der Waals surface area (Å²) in [5.74, 6) is -2.82. The molecule has 3 rings (SSSR count). The minimum atomic E-state index is -3.96. The van der Waals surface area contributed by atoms with Crippen LogP contribution in [-0.4, -0.2) is 31.8 Å². The Kier molecular flexibility index (Phi) is 6.02. The largest absolute Gasteiger partial charge is 0.426 e. The number of halogens is 3. The van der Waals surface area contributed by atoms with Gasteiger partial charge in [0.2, 0.25) is 10.0 Å². The van der Waals surface area contributed by atoms with Crippen LogP contribution in [0.4, 0.5) is 8.78 Å². The second-order valence-electron chi connectivity index (χ2n) is 6.59. The van der Waals surface area contributed by atoms with Crippen LogP contribution < -0.4 is 4.74 Å². The number of benzene rings is 2. The van der Waals surface area contributed by atoms with Crippen LogP contribution >= 0.6 is 11.6 Å². The Balaban J connectivity index is 1.64. The summed E-state index contributed by atoms with van der Waals surface area (Å²) in [6, 6.07) is 7.38. The van der Waals surface area contributed by atoms with E-state index in [0.717, 1.165) is 22.0 Å². The lowest BCUT2D eigenvalue weighted by Crippen LogP contribution is -2.41. The van der Waals surface area contributed by atoms with Crippen molar-refractivity contribution in [1.29, 1.82) is 0 Å². The third-order valence-corrected chi connectivity index (χ3v) is 6.79. The minimum Gasteiger partial charge on any atom is -0.426 e. The van der Waals surface area contributed by atoms with Crippen molar-refractivity contribution < 1.29 is 26.7 Å². The Morgan fingerprint density at radius 3 is 2.39 bits per heavy atom. The monoisotopic (exact) mass is 429 g/mol. The van der Waals surface area contributed by atoms with Gasteiger partial charge in [-0.2, -0.15) is 4.31 Å². The molecular formula is C19H18ClF2NO4S. The Labute approximate surface area is 166 Å². The van der Waals surface area contributed by atoms with Gasteiger partial charge < -0.3 is 4.74 Å². The molecule has 5 nitrogen and oxygen atoms in total.